The van der Waals surface area contributed by atoms with Gasteiger partial charge in [0, 0.05) is 13.0 Å². The van der Waals surface area contributed by atoms with E-state index in [0.717, 1.165) is 0 Å². The van der Waals surface area contributed by atoms with Crippen molar-refractivity contribution in [1.82, 2.24) is 9.80 Å². The molecule has 3 amide bonds. The molecule has 0 radical (unpaired) electrons. The van der Waals surface area contributed by atoms with Gasteiger partial charge in [-0.25, -0.2) is 9.59 Å². The zero-order chi connectivity index (χ0) is 26.7. The minimum Gasteiger partial charge on any atom is -0.474 e. The van der Waals surface area contributed by atoms with Crippen molar-refractivity contribution in [2.45, 2.75) is 70.5 Å². The summed E-state index contributed by atoms with van der Waals surface area (Å²) in [5, 5.41) is 9.03. The lowest BCUT2D eigenvalue weighted by Gasteiger charge is -2.49. The van der Waals surface area contributed by atoms with Gasteiger partial charge in [-0.15, -0.1) is 0 Å². The fourth-order valence-corrected chi connectivity index (χ4v) is 5.37. The van der Waals surface area contributed by atoms with E-state index in [1.165, 1.54) is 11.0 Å². The van der Waals surface area contributed by atoms with Crippen LogP contribution in [0.3, 0.4) is 0 Å². The summed E-state index contributed by atoms with van der Waals surface area (Å²) in [6.07, 6.45) is -1.11. The van der Waals surface area contributed by atoms with Gasteiger partial charge in [0.1, 0.15) is 12.7 Å². The number of carbonyl (C=O) groups is 5. The van der Waals surface area contributed by atoms with E-state index in [4.69, 9.17) is 13.9 Å². The molecule has 196 valence electrons. The van der Waals surface area contributed by atoms with E-state index in [2.05, 4.69) is 6.58 Å². The van der Waals surface area contributed by atoms with Crippen LogP contribution in [-0.2, 0) is 33.1 Å². The largest absolute Gasteiger partial charge is 0.474 e. The molecule has 2 fully saturated rings. The van der Waals surface area contributed by atoms with Crippen LogP contribution in [0.2, 0.25) is 18.1 Å². The van der Waals surface area contributed by atoms with Crippen molar-refractivity contribution in [3.05, 3.63) is 12.7 Å². The topological polar surface area (TPSA) is 140 Å². The number of nitrogens with zero attached hydrogens (tertiary/aromatic N) is 2. The van der Waals surface area contributed by atoms with Crippen molar-refractivity contribution >= 4 is 38.0 Å². The zero-order valence-corrected chi connectivity index (χ0v) is 22.2. The Morgan fingerprint density at radius 2 is 1.91 bits per heavy atom. The number of ketones is 1. The van der Waals surface area contributed by atoms with Gasteiger partial charge in [-0.3, -0.25) is 19.3 Å². The number of amides is 3. The highest BCUT2D eigenvalue weighted by molar-refractivity contribution is 6.74. The molecule has 11 nitrogen and oxygen atoms in total. The number of hydrogen-bond donors (Lipinski definition) is 1. The molecule has 2 heterocycles. The number of hydrogen-bond acceptors (Lipinski definition) is 8. The van der Waals surface area contributed by atoms with Gasteiger partial charge in [-0.2, -0.15) is 0 Å². The number of ether oxygens (including phenoxy) is 2. The Hall–Kier alpha value is -2.57. The number of morpholine rings is 1. The summed E-state index contributed by atoms with van der Waals surface area (Å²) in [7, 11) is -2.30. The second-order valence-electron chi connectivity index (χ2n) is 10.3. The number of carboxylic acid groups (broad SMARTS) is 1. The third-order valence-corrected chi connectivity index (χ3v) is 11.5. The minimum absolute atomic E-state index is 0.0268. The quantitative estimate of drug-likeness (QED) is 0.223. The molecule has 4 atom stereocenters. The summed E-state index contributed by atoms with van der Waals surface area (Å²) in [6, 6.07) is -0.981. The molecule has 1 unspecified atom stereocenters. The Labute approximate surface area is 206 Å². The van der Waals surface area contributed by atoms with Gasteiger partial charge in [0.25, 0.3) is 0 Å². The highest BCUT2D eigenvalue weighted by Crippen LogP contribution is 2.41. The molecule has 12 heteroatoms. The third kappa shape index (κ3) is 6.36. The predicted molar refractivity (Wildman–Crippen MR) is 127 cm³/mol. The first-order valence-electron chi connectivity index (χ1n) is 11.6. The molecule has 0 spiro atoms. The van der Waals surface area contributed by atoms with E-state index in [-0.39, 0.29) is 37.8 Å². The van der Waals surface area contributed by atoms with Crippen LogP contribution in [0.1, 0.15) is 34.1 Å². The summed E-state index contributed by atoms with van der Waals surface area (Å²) >= 11 is 0. The zero-order valence-electron chi connectivity index (χ0n) is 21.2. The van der Waals surface area contributed by atoms with E-state index < -0.39 is 62.1 Å². The first kappa shape index (κ1) is 28.7. The maximum Gasteiger partial charge on any atom is 0.410 e. The summed E-state index contributed by atoms with van der Waals surface area (Å²) in [5.74, 6) is -5.15. The number of carbonyl (C=O) groups excluding carboxylic acids is 4. The summed E-state index contributed by atoms with van der Waals surface area (Å²) in [4.78, 5) is 63.6. The van der Waals surface area contributed by atoms with Crippen LogP contribution in [0.15, 0.2) is 12.7 Å². The molecule has 0 aliphatic carbocycles. The number of aliphatic carboxylic acids is 1. The van der Waals surface area contributed by atoms with E-state index in [9.17, 15) is 29.1 Å². The normalized spacial score (nSPS) is 23.8. The van der Waals surface area contributed by atoms with Gasteiger partial charge in [-0.05, 0) is 25.1 Å². The first-order chi connectivity index (χ1) is 16.1. The van der Waals surface area contributed by atoms with Crippen molar-refractivity contribution in [1.29, 1.82) is 0 Å². The molecule has 2 aliphatic heterocycles. The van der Waals surface area contributed by atoms with Crippen molar-refractivity contribution in [3.63, 3.8) is 0 Å². The lowest BCUT2D eigenvalue weighted by atomic mass is 9.79. The fourth-order valence-electron chi connectivity index (χ4n) is 3.94. The monoisotopic (exact) mass is 512 g/mol. The lowest BCUT2D eigenvalue weighted by Crippen LogP contribution is -2.69. The van der Waals surface area contributed by atoms with E-state index in [1.807, 2.05) is 33.9 Å². The predicted octanol–water partition coefficient (Wildman–Crippen LogP) is 1.82. The van der Waals surface area contributed by atoms with Crippen LogP contribution in [0.5, 0.6) is 0 Å². The van der Waals surface area contributed by atoms with Gasteiger partial charge in [0.2, 0.25) is 5.91 Å². The number of imide groups is 1. The molecule has 35 heavy (non-hydrogen) atoms. The molecule has 2 aliphatic rings. The number of likely N-dealkylation sites (tertiary alicyclic amines) is 1. The summed E-state index contributed by atoms with van der Waals surface area (Å²) in [6.45, 7) is 15.7. The Morgan fingerprint density at radius 3 is 2.46 bits per heavy atom. The molecule has 0 saturated carbocycles. The smallest absolute Gasteiger partial charge is 0.410 e. The van der Waals surface area contributed by atoms with E-state index in [0.29, 0.717) is 4.90 Å². The number of β-lactam (4-membered cyclic amide) rings is 1. The molecule has 2 rings (SSSR count). The second-order valence-corrected chi connectivity index (χ2v) is 15.1. The number of Topliss-reactive ketones (excluding diaryl/α,β-unsaturated/α-hetero) is 1. The van der Waals surface area contributed by atoms with Gasteiger partial charge < -0.3 is 23.9 Å². The van der Waals surface area contributed by atoms with Crippen LogP contribution in [0.4, 0.5) is 4.79 Å². The SMILES string of the molecule is C=CCOC(=O)N1CCOC(C(=O)C[C@@H]2[C@@H]([C@@H](C)O[Si](C)(C)C(C)(C)C)C(=O)N2C(=O)C(=O)O)C1. The van der Waals surface area contributed by atoms with Gasteiger partial charge in [0.15, 0.2) is 14.1 Å². The molecular weight excluding hydrogens is 476 g/mol. The van der Waals surface area contributed by atoms with Crippen molar-refractivity contribution in [3.8, 4) is 0 Å². The first-order valence-corrected chi connectivity index (χ1v) is 14.5. The fraction of sp³-hybridized carbons (Fsp3) is 0.696. The van der Waals surface area contributed by atoms with Crippen molar-refractivity contribution in [2.24, 2.45) is 5.92 Å². The number of carboxylic acids is 1. The Bertz CT molecular complexity index is 883. The summed E-state index contributed by atoms with van der Waals surface area (Å²) < 4.78 is 16.9. The molecule has 0 bridgehead atoms. The maximum absolute atomic E-state index is 13.1. The molecular formula is C23H36N2O9Si. The summed E-state index contributed by atoms with van der Waals surface area (Å²) in [5.41, 5.74) is 0. The average Bonchev–Trinajstić information content (AvgIpc) is 2.75. The standard InChI is InChI=1S/C23H36N2O9Si/c1-8-10-33-22(31)24-9-11-32-17(13-24)16(26)12-15-18(19(27)25(15)20(28)21(29)30)14(2)34-35(6,7)23(3,4)5/h8,14-15,17-18H,1,9-13H2,2-7H3,(H,29,30)/t14-,15-,17?,18-/m1/s1. The van der Waals surface area contributed by atoms with Gasteiger partial charge in [-0.1, -0.05) is 33.4 Å². The molecule has 2 saturated heterocycles. The highest BCUT2D eigenvalue weighted by atomic mass is 28.4. The second kappa shape index (κ2) is 11.0. The van der Waals surface area contributed by atoms with Crippen molar-refractivity contribution < 1.29 is 43.0 Å². The lowest BCUT2D eigenvalue weighted by molar-refractivity contribution is -0.179. The molecule has 1 N–H and O–H groups in total. The third-order valence-electron chi connectivity index (χ3n) is 6.88. The molecule has 0 aromatic carbocycles. The van der Waals surface area contributed by atoms with Gasteiger partial charge >= 0.3 is 18.0 Å². The van der Waals surface area contributed by atoms with Crippen LogP contribution in [0, 0.1) is 5.92 Å². The van der Waals surface area contributed by atoms with Crippen LogP contribution in [0.25, 0.3) is 0 Å². The molecule has 0 aromatic rings. The van der Waals surface area contributed by atoms with Crippen LogP contribution in [-0.4, -0.2) is 97.4 Å². The molecule has 0 aromatic heterocycles. The van der Waals surface area contributed by atoms with Crippen molar-refractivity contribution in [2.75, 3.05) is 26.3 Å². The van der Waals surface area contributed by atoms with E-state index in [1.54, 1.807) is 6.92 Å². The minimum atomic E-state index is -2.30. The van der Waals surface area contributed by atoms with Crippen LogP contribution >= 0.6 is 0 Å². The Kier molecular flexibility index (Phi) is 9.01. The van der Waals surface area contributed by atoms with E-state index >= 15 is 0 Å². The highest BCUT2D eigenvalue weighted by Gasteiger charge is 2.56. The average molecular weight is 513 g/mol. The Morgan fingerprint density at radius 1 is 1.29 bits per heavy atom. The van der Waals surface area contributed by atoms with Gasteiger partial charge in [0.05, 0.1) is 31.2 Å². The van der Waals surface area contributed by atoms with Crippen LogP contribution < -0.4 is 0 Å². The number of rotatable bonds is 8. The maximum atomic E-state index is 13.1. The Balaban J connectivity index is 2.18.